The van der Waals surface area contributed by atoms with Crippen molar-refractivity contribution in [2.24, 2.45) is 0 Å². The highest BCUT2D eigenvalue weighted by atomic mass is 19.1. The molecule has 0 spiro atoms. The first-order valence-corrected chi connectivity index (χ1v) is 8.81. The molecule has 3 N–H and O–H groups in total. The van der Waals surface area contributed by atoms with Crippen LogP contribution in [-0.2, 0) is 9.53 Å². The van der Waals surface area contributed by atoms with Gasteiger partial charge in [-0.15, -0.1) is 0 Å². The fraction of sp³-hybridized carbons (Fsp3) is 0.136. The molecule has 2 aromatic carbocycles. The van der Waals surface area contributed by atoms with Crippen molar-refractivity contribution in [3.63, 3.8) is 0 Å². The third kappa shape index (κ3) is 6.51. The van der Waals surface area contributed by atoms with Crippen LogP contribution in [0.1, 0.15) is 8.22 Å². The van der Waals surface area contributed by atoms with Gasteiger partial charge in [-0.1, -0.05) is 12.6 Å². The smallest absolute Gasteiger partial charge is 0.247 e. The molecule has 3 rings (SSSR count). The van der Waals surface area contributed by atoms with Crippen molar-refractivity contribution in [3.05, 3.63) is 73.2 Å². The van der Waals surface area contributed by atoms with Gasteiger partial charge in [0.25, 0.3) is 0 Å². The molecule has 160 valence electrons. The second-order valence-corrected chi connectivity index (χ2v) is 5.81. The summed E-state index contributed by atoms with van der Waals surface area (Å²) in [5, 5.41) is 7.96. The van der Waals surface area contributed by atoms with E-state index in [0.717, 1.165) is 13.2 Å². The second kappa shape index (κ2) is 10.7. The van der Waals surface area contributed by atoms with Gasteiger partial charge in [0, 0.05) is 24.2 Å². The predicted molar refractivity (Wildman–Crippen MR) is 118 cm³/mol. The number of benzene rings is 2. The monoisotopic (exact) mass is 429 g/mol. The van der Waals surface area contributed by atoms with E-state index in [4.69, 9.17) is 13.0 Å². The van der Waals surface area contributed by atoms with Crippen LogP contribution < -0.4 is 20.7 Å². The van der Waals surface area contributed by atoms with Gasteiger partial charge in [-0.25, -0.2) is 9.37 Å². The van der Waals surface area contributed by atoms with Crippen LogP contribution in [0.5, 0.6) is 5.75 Å². The minimum absolute atomic E-state index is 0.00895. The van der Waals surface area contributed by atoms with Crippen molar-refractivity contribution in [3.8, 4) is 5.75 Å². The molecular weight excluding hydrogens is 401 g/mol. The van der Waals surface area contributed by atoms with E-state index in [9.17, 15) is 9.18 Å². The molecule has 1 aromatic heterocycles. The van der Waals surface area contributed by atoms with E-state index in [2.05, 4.69) is 37.2 Å². The molecule has 3 aromatic rings. The molecule has 0 fully saturated rings. The number of ether oxygens (including phenoxy) is 2. The van der Waals surface area contributed by atoms with E-state index >= 15 is 0 Å². The Morgan fingerprint density at radius 1 is 1.19 bits per heavy atom. The quantitative estimate of drug-likeness (QED) is 0.415. The van der Waals surface area contributed by atoms with E-state index in [-0.39, 0.29) is 34.9 Å². The van der Waals surface area contributed by atoms with Gasteiger partial charge in [0.05, 0.1) is 21.0 Å². The Balaban J connectivity index is 1.79. The van der Waals surface area contributed by atoms with Gasteiger partial charge >= 0.3 is 0 Å². The number of carbonyl (C=O) groups excluding carboxylic acids is 1. The Bertz CT molecular complexity index is 1310. The average Bonchev–Trinajstić information content (AvgIpc) is 2.82. The molecule has 0 aliphatic heterocycles. The summed E-state index contributed by atoms with van der Waals surface area (Å²) in [7, 11) is 1.02. The van der Waals surface area contributed by atoms with Crippen LogP contribution in [-0.4, -0.2) is 36.1 Å². The molecule has 0 radical (unpaired) electrons. The summed E-state index contributed by atoms with van der Waals surface area (Å²) >= 11 is 0. The summed E-state index contributed by atoms with van der Waals surface area (Å²) in [6, 6.07) is 9.84. The topological polar surface area (TPSA) is 97.4 Å². The molecule has 1 amide bonds. The number of amides is 1. The van der Waals surface area contributed by atoms with Crippen molar-refractivity contribution in [1.29, 1.82) is 0 Å². The number of methoxy groups -OCH3 is 1. The number of hydrogen-bond donors (Lipinski definition) is 3. The minimum Gasteiger partial charge on any atom is -0.491 e. The van der Waals surface area contributed by atoms with Crippen LogP contribution >= 0.6 is 0 Å². The fourth-order valence-electron chi connectivity index (χ4n) is 2.28. The number of halogens is 1. The van der Waals surface area contributed by atoms with Gasteiger partial charge in [-0.05, 0) is 48.5 Å². The Labute approximate surface area is 187 Å². The summed E-state index contributed by atoms with van der Waals surface area (Å²) in [5.41, 5.74) is 0.868. The first kappa shape index (κ1) is 14.9. The number of anilines is 5. The molecule has 0 aliphatic carbocycles. The maximum Gasteiger partial charge on any atom is 0.247 e. The van der Waals surface area contributed by atoms with Crippen LogP contribution in [0.3, 0.4) is 0 Å². The number of hydrogen-bond acceptors (Lipinski definition) is 7. The number of carbonyl (C=O) groups is 1. The second-order valence-electron chi connectivity index (χ2n) is 5.81. The first-order valence-electron chi connectivity index (χ1n) is 11.8. The van der Waals surface area contributed by atoms with E-state index in [0.29, 0.717) is 5.69 Å². The molecule has 9 heteroatoms. The van der Waals surface area contributed by atoms with Crippen molar-refractivity contribution in [2.75, 3.05) is 36.2 Å². The van der Waals surface area contributed by atoms with Crippen molar-refractivity contribution in [1.82, 2.24) is 9.97 Å². The lowest BCUT2D eigenvalue weighted by atomic mass is 10.2. The van der Waals surface area contributed by atoms with Gasteiger partial charge in [0.2, 0.25) is 11.9 Å². The maximum atomic E-state index is 14.6. The van der Waals surface area contributed by atoms with Crippen LogP contribution in [0, 0.1) is 5.82 Å². The van der Waals surface area contributed by atoms with Crippen molar-refractivity contribution < 1.29 is 26.9 Å². The molecular formula is C22H22FN5O3. The zero-order chi connectivity index (χ0) is 27.4. The van der Waals surface area contributed by atoms with Crippen LogP contribution in [0.2, 0.25) is 0 Å². The van der Waals surface area contributed by atoms with Gasteiger partial charge in [-0.3, -0.25) is 4.79 Å². The lowest BCUT2D eigenvalue weighted by Crippen LogP contribution is -2.07. The SMILES string of the molecule is [2H]c1cc(NC(=O)C=C)cc(Nc2nc(Nc3ccc(OC([2H])([2H])C([2H])([2H])OC)cc3)nc([2H])c2F)c1. The Morgan fingerprint density at radius 2 is 1.97 bits per heavy atom. The van der Waals surface area contributed by atoms with E-state index in [1.54, 1.807) is 0 Å². The Morgan fingerprint density at radius 3 is 2.71 bits per heavy atom. The summed E-state index contributed by atoms with van der Waals surface area (Å²) in [6.07, 6.45) is 0.349. The zero-order valence-electron chi connectivity index (χ0n) is 22.3. The van der Waals surface area contributed by atoms with Crippen molar-refractivity contribution in [2.45, 2.75) is 0 Å². The average molecular weight is 429 g/mol. The number of rotatable bonds is 10. The van der Waals surface area contributed by atoms with Gasteiger partial charge in [0.15, 0.2) is 11.6 Å². The molecule has 1 heterocycles. The van der Waals surface area contributed by atoms with Gasteiger partial charge < -0.3 is 25.4 Å². The molecule has 0 saturated heterocycles. The number of nitrogens with one attached hydrogen (secondary N) is 3. The van der Waals surface area contributed by atoms with Gasteiger partial charge in [0.1, 0.15) is 12.3 Å². The third-order valence-corrected chi connectivity index (χ3v) is 3.61. The fourth-order valence-corrected chi connectivity index (χ4v) is 2.28. The Hall–Kier alpha value is -3.98. The summed E-state index contributed by atoms with van der Waals surface area (Å²) < 4.78 is 70.4. The number of nitrogens with zero attached hydrogens (tertiary/aromatic N) is 2. The van der Waals surface area contributed by atoms with E-state index in [1.165, 1.54) is 42.5 Å². The lowest BCUT2D eigenvalue weighted by molar-refractivity contribution is -0.111. The molecule has 0 aliphatic rings. The van der Waals surface area contributed by atoms with Gasteiger partial charge in [-0.2, -0.15) is 4.98 Å². The zero-order valence-corrected chi connectivity index (χ0v) is 16.3. The lowest BCUT2D eigenvalue weighted by Gasteiger charge is -2.11. The molecule has 0 atom stereocenters. The standard InChI is InChI=1S/C22H22FN5O3/c1-3-20(29)25-16-5-4-6-17(13-16)26-21-19(23)14-24-22(28-21)27-15-7-9-18(10-8-15)31-12-11-30-2/h3-10,13-14H,1,11-12H2,2H3,(H,25,29)(H2,24,26,27,28)/i4D,11D2,12D2,14D. The molecule has 31 heavy (non-hydrogen) atoms. The highest BCUT2D eigenvalue weighted by molar-refractivity contribution is 5.99. The summed E-state index contributed by atoms with van der Waals surface area (Å²) in [6.45, 7) is -2.12. The normalized spacial score (nSPS) is 14.0. The van der Waals surface area contributed by atoms with E-state index in [1.807, 2.05) is 0 Å². The number of aromatic nitrogens is 2. The third-order valence-electron chi connectivity index (χ3n) is 3.61. The minimum atomic E-state index is -2.78. The molecule has 8 nitrogen and oxygen atoms in total. The summed E-state index contributed by atoms with van der Waals surface area (Å²) in [5.74, 6) is -2.03. The maximum absolute atomic E-state index is 14.6. The predicted octanol–water partition coefficient (Wildman–Crippen LogP) is 4.25. The largest absolute Gasteiger partial charge is 0.491 e. The molecule has 0 unspecified atom stereocenters. The van der Waals surface area contributed by atoms with Crippen molar-refractivity contribution >= 4 is 34.7 Å². The van der Waals surface area contributed by atoms with Crippen LogP contribution in [0.4, 0.5) is 33.2 Å². The first-order chi connectivity index (χ1) is 17.3. The summed E-state index contributed by atoms with van der Waals surface area (Å²) in [4.78, 5) is 19.3. The molecule has 0 bridgehead atoms. The van der Waals surface area contributed by atoms with Crippen LogP contribution in [0.25, 0.3) is 0 Å². The van der Waals surface area contributed by atoms with Crippen LogP contribution in [0.15, 0.2) is 67.3 Å². The Kier molecular flexibility index (Phi) is 5.15. The molecule has 0 saturated carbocycles. The highest BCUT2D eigenvalue weighted by Gasteiger charge is 2.09. The van der Waals surface area contributed by atoms with E-state index < -0.39 is 31.0 Å². The highest BCUT2D eigenvalue weighted by Crippen LogP contribution is 2.23.